The lowest BCUT2D eigenvalue weighted by atomic mass is 9.93. The second-order valence-corrected chi connectivity index (χ2v) is 6.31. The average molecular weight is 326 g/mol. The van der Waals surface area contributed by atoms with Crippen LogP contribution in [0.5, 0.6) is 0 Å². The lowest BCUT2D eigenvalue weighted by molar-refractivity contribution is -0.126. The highest BCUT2D eigenvalue weighted by Gasteiger charge is 2.15. The molecule has 2 heterocycles. The molecular weight excluding hydrogens is 296 g/mol. The third-order valence-electron chi connectivity index (χ3n) is 4.54. The van der Waals surface area contributed by atoms with Gasteiger partial charge in [0.05, 0.1) is 19.8 Å². The molecule has 0 radical (unpaired) electrons. The third-order valence-corrected chi connectivity index (χ3v) is 4.54. The summed E-state index contributed by atoms with van der Waals surface area (Å²) in [7, 11) is 0. The van der Waals surface area contributed by atoms with E-state index < -0.39 is 0 Å². The molecule has 2 aliphatic heterocycles. The Bertz CT molecular complexity index is 366. The standard InChI is InChI=1S/C16H30N4O3/c21-15(2-1-14-3-5-17-6-4-14)19-13-16(22)18-7-8-20-9-11-23-12-10-20/h14,17H,1-13H2,(H,18,22)(H,19,21). The number of piperidine rings is 1. The summed E-state index contributed by atoms with van der Waals surface area (Å²) in [4.78, 5) is 25.8. The van der Waals surface area contributed by atoms with Crippen LogP contribution in [0, 0.1) is 5.92 Å². The van der Waals surface area contributed by atoms with Gasteiger partial charge in [0.25, 0.3) is 0 Å². The van der Waals surface area contributed by atoms with E-state index in [-0.39, 0.29) is 18.4 Å². The normalized spacial score (nSPS) is 20.2. The van der Waals surface area contributed by atoms with Crippen molar-refractivity contribution in [2.75, 3.05) is 59.0 Å². The fraction of sp³-hybridized carbons (Fsp3) is 0.875. The van der Waals surface area contributed by atoms with Crippen molar-refractivity contribution in [3.63, 3.8) is 0 Å². The zero-order valence-electron chi connectivity index (χ0n) is 13.9. The maximum absolute atomic E-state index is 11.8. The van der Waals surface area contributed by atoms with Gasteiger partial charge in [-0.25, -0.2) is 0 Å². The number of carbonyl (C=O) groups is 2. The van der Waals surface area contributed by atoms with Crippen LogP contribution >= 0.6 is 0 Å². The predicted octanol–water partition coefficient (Wildman–Crippen LogP) is -0.669. The molecule has 0 atom stereocenters. The second kappa shape index (κ2) is 10.6. The van der Waals surface area contributed by atoms with E-state index in [0.29, 0.717) is 18.9 Å². The number of rotatable bonds is 8. The Morgan fingerprint density at radius 3 is 2.57 bits per heavy atom. The van der Waals surface area contributed by atoms with Crippen molar-refractivity contribution in [3.05, 3.63) is 0 Å². The van der Waals surface area contributed by atoms with E-state index in [2.05, 4.69) is 20.9 Å². The van der Waals surface area contributed by atoms with E-state index in [9.17, 15) is 9.59 Å². The monoisotopic (exact) mass is 326 g/mol. The molecule has 0 spiro atoms. The van der Waals surface area contributed by atoms with E-state index in [4.69, 9.17) is 4.74 Å². The number of amides is 2. The summed E-state index contributed by atoms with van der Waals surface area (Å²) < 4.78 is 5.28. The van der Waals surface area contributed by atoms with Crippen LogP contribution in [-0.4, -0.2) is 75.7 Å². The molecule has 0 saturated carbocycles. The Kier molecular flexibility index (Phi) is 8.35. The number of morpholine rings is 1. The van der Waals surface area contributed by atoms with Crippen LogP contribution in [0.3, 0.4) is 0 Å². The highest BCUT2D eigenvalue weighted by atomic mass is 16.5. The molecule has 3 N–H and O–H groups in total. The lowest BCUT2D eigenvalue weighted by Gasteiger charge is -2.26. The molecule has 23 heavy (non-hydrogen) atoms. The first kappa shape index (κ1) is 18.2. The number of carbonyl (C=O) groups excluding carboxylic acids is 2. The number of ether oxygens (including phenoxy) is 1. The first-order valence-electron chi connectivity index (χ1n) is 8.78. The largest absolute Gasteiger partial charge is 0.379 e. The molecule has 0 unspecified atom stereocenters. The number of nitrogens with zero attached hydrogens (tertiary/aromatic N) is 1. The minimum absolute atomic E-state index is 0.0214. The summed E-state index contributed by atoms with van der Waals surface area (Å²) in [6.45, 7) is 7.00. The van der Waals surface area contributed by atoms with E-state index in [1.165, 1.54) is 0 Å². The van der Waals surface area contributed by atoms with Crippen LogP contribution in [0.4, 0.5) is 0 Å². The molecule has 2 amide bonds. The van der Waals surface area contributed by atoms with Crippen molar-refractivity contribution in [1.29, 1.82) is 0 Å². The molecule has 7 heteroatoms. The molecule has 0 aromatic rings. The Balaban J connectivity index is 1.47. The highest BCUT2D eigenvalue weighted by Crippen LogP contribution is 2.17. The second-order valence-electron chi connectivity index (χ2n) is 6.31. The Hall–Kier alpha value is -1.18. The molecule has 7 nitrogen and oxygen atoms in total. The third kappa shape index (κ3) is 7.76. The topological polar surface area (TPSA) is 82.7 Å². The Morgan fingerprint density at radius 1 is 1.09 bits per heavy atom. The molecule has 2 fully saturated rings. The number of hydrogen-bond donors (Lipinski definition) is 3. The molecule has 0 aliphatic carbocycles. The Labute approximate surface area is 138 Å². The van der Waals surface area contributed by atoms with Crippen LogP contribution in [-0.2, 0) is 14.3 Å². The van der Waals surface area contributed by atoms with Gasteiger partial charge in [-0.2, -0.15) is 0 Å². The summed E-state index contributed by atoms with van der Waals surface area (Å²) in [6.07, 6.45) is 3.74. The average Bonchev–Trinajstić information content (AvgIpc) is 2.60. The molecule has 0 bridgehead atoms. The molecule has 2 aliphatic rings. The van der Waals surface area contributed by atoms with Gasteiger partial charge >= 0.3 is 0 Å². The maximum Gasteiger partial charge on any atom is 0.239 e. The summed E-state index contributed by atoms with van der Waals surface area (Å²) in [6, 6.07) is 0. The van der Waals surface area contributed by atoms with Gasteiger partial charge in [0.1, 0.15) is 0 Å². The first-order chi connectivity index (χ1) is 11.2. The molecular formula is C16H30N4O3. The van der Waals surface area contributed by atoms with Gasteiger partial charge in [-0.1, -0.05) is 0 Å². The molecule has 132 valence electrons. The zero-order valence-corrected chi connectivity index (χ0v) is 13.9. The van der Waals surface area contributed by atoms with E-state index in [1.54, 1.807) is 0 Å². The van der Waals surface area contributed by atoms with Crippen LogP contribution < -0.4 is 16.0 Å². The lowest BCUT2D eigenvalue weighted by Crippen LogP contribution is -2.43. The van der Waals surface area contributed by atoms with E-state index in [0.717, 1.165) is 65.2 Å². The first-order valence-corrected chi connectivity index (χ1v) is 8.78. The van der Waals surface area contributed by atoms with Crippen molar-refractivity contribution in [2.24, 2.45) is 5.92 Å². The smallest absolute Gasteiger partial charge is 0.239 e. The minimum atomic E-state index is -0.117. The number of nitrogens with one attached hydrogen (secondary N) is 3. The van der Waals surface area contributed by atoms with Gasteiger partial charge in [-0.3, -0.25) is 14.5 Å². The van der Waals surface area contributed by atoms with Crippen molar-refractivity contribution in [2.45, 2.75) is 25.7 Å². The van der Waals surface area contributed by atoms with Gasteiger partial charge in [0.15, 0.2) is 0 Å². The molecule has 2 rings (SSSR count). The number of hydrogen-bond acceptors (Lipinski definition) is 5. The summed E-state index contributed by atoms with van der Waals surface area (Å²) in [5, 5.41) is 8.88. The van der Waals surface area contributed by atoms with Crippen molar-refractivity contribution < 1.29 is 14.3 Å². The maximum atomic E-state index is 11.8. The molecule has 2 saturated heterocycles. The fourth-order valence-electron chi connectivity index (χ4n) is 3.01. The SMILES string of the molecule is O=C(CCC1CCNCC1)NCC(=O)NCCN1CCOCC1. The van der Waals surface area contributed by atoms with Crippen LogP contribution in [0.1, 0.15) is 25.7 Å². The van der Waals surface area contributed by atoms with E-state index in [1.807, 2.05) is 0 Å². The predicted molar refractivity (Wildman–Crippen MR) is 88.1 cm³/mol. The summed E-state index contributed by atoms with van der Waals surface area (Å²) >= 11 is 0. The molecule has 0 aromatic heterocycles. The quantitative estimate of drug-likeness (QED) is 0.551. The Morgan fingerprint density at radius 2 is 1.83 bits per heavy atom. The summed E-state index contributed by atoms with van der Waals surface area (Å²) in [5.74, 6) is 0.504. The van der Waals surface area contributed by atoms with Crippen molar-refractivity contribution >= 4 is 11.8 Å². The summed E-state index contributed by atoms with van der Waals surface area (Å²) in [5.41, 5.74) is 0. The van der Waals surface area contributed by atoms with Crippen molar-refractivity contribution in [3.8, 4) is 0 Å². The van der Waals surface area contributed by atoms with Crippen LogP contribution in [0.15, 0.2) is 0 Å². The van der Waals surface area contributed by atoms with Gasteiger partial charge < -0.3 is 20.7 Å². The van der Waals surface area contributed by atoms with Crippen LogP contribution in [0.25, 0.3) is 0 Å². The van der Waals surface area contributed by atoms with Crippen LogP contribution in [0.2, 0.25) is 0 Å². The van der Waals surface area contributed by atoms with Gasteiger partial charge in [0.2, 0.25) is 11.8 Å². The van der Waals surface area contributed by atoms with Gasteiger partial charge in [0, 0.05) is 32.6 Å². The minimum Gasteiger partial charge on any atom is -0.379 e. The van der Waals surface area contributed by atoms with Crippen molar-refractivity contribution in [1.82, 2.24) is 20.9 Å². The highest BCUT2D eigenvalue weighted by molar-refractivity contribution is 5.84. The zero-order chi connectivity index (χ0) is 16.3. The fourth-order valence-corrected chi connectivity index (χ4v) is 3.01. The van der Waals surface area contributed by atoms with E-state index >= 15 is 0 Å². The van der Waals surface area contributed by atoms with Gasteiger partial charge in [-0.15, -0.1) is 0 Å². The van der Waals surface area contributed by atoms with Gasteiger partial charge in [-0.05, 0) is 38.3 Å². The molecule has 0 aromatic carbocycles.